The largest absolute Gasteiger partial charge is 0.494 e. The summed E-state index contributed by atoms with van der Waals surface area (Å²) < 4.78 is 6.56. The molecule has 0 aromatic heterocycles. The van der Waals surface area contributed by atoms with Crippen LogP contribution in [-0.2, 0) is 4.79 Å². The van der Waals surface area contributed by atoms with Gasteiger partial charge in [-0.05, 0) is 48.9 Å². The summed E-state index contributed by atoms with van der Waals surface area (Å²) in [7, 11) is 0. The molecule has 0 aliphatic rings. The number of benzene rings is 2. The standard InChI is InChI=1S/C16H14BrCl2NO2/c17-11-3-6-13(7-4-11)22-9-1-2-16(21)20-15-8-5-12(18)10-14(15)19/h3-8,10H,1-2,9H2,(H,20,21). The van der Waals surface area contributed by atoms with Crippen LogP contribution in [0.1, 0.15) is 12.8 Å². The number of rotatable bonds is 6. The van der Waals surface area contributed by atoms with Crippen molar-refractivity contribution in [1.29, 1.82) is 0 Å². The molecule has 6 heteroatoms. The Labute approximate surface area is 147 Å². The van der Waals surface area contributed by atoms with E-state index in [-0.39, 0.29) is 5.91 Å². The van der Waals surface area contributed by atoms with Gasteiger partial charge in [0.2, 0.25) is 5.91 Å². The molecule has 2 aromatic carbocycles. The van der Waals surface area contributed by atoms with Crippen molar-refractivity contribution < 1.29 is 9.53 Å². The fourth-order valence-electron chi connectivity index (χ4n) is 1.76. The minimum atomic E-state index is -0.108. The first kappa shape index (κ1) is 17.1. The molecule has 3 nitrogen and oxygen atoms in total. The van der Waals surface area contributed by atoms with Crippen molar-refractivity contribution in [2.75, 3.05) is 11.9 Å². The number of anilines is 1. The van der Waals surface area contributed by atoms with Crippen LogP contribution in [0.15, 0.2) is 46.9 Å². The van der Waals surface area contributed by atoms with Crippen LogP contribution >= 0.6 is 39.1 Å². The van der Waals surface area contributed by atoms with E-state index in [4.69, 9.17) is 27.9 Å². The van der Waals surface area contributed by atoms with Crippen LogP contribution in [0, 0.1) is 0 Å². The van der Waals surface area contributed by atoms with Crippen LogP contribution in [0.3, 0.4) is 0 Å². The summed E-state index contributed by atoms with van der Waals surface area (Å²) in [6.45, 7) is 0.476. The van der Waals surface area contributed by atoms with Crippen LogP contribution in [0.5, 0.6) is 5.75 Å². The van der Waals surface area contributed by atoms with Gasteiger partial charge in [-0.25, -0.2) is 0 Å². The first-order valence-corrected chi connectivity index (χ1v) is 8.23. The molecule has 0 saturated carbocycles. The first-order chi connectivity index (χ1) is 10.5. The smallest absolute Gasteiger partial charge is 0.224 e. The summed E-state index contributed by atoms with van der Waals surface area (Å²) in [6, 6.07) is 12.5. The lowest BCUT2D eigenvalue weighted by Crippen LogP contribution is -2.13. The van der Waals surface area contributed by atoms with Crippen molar-refractivity contribution in [1.82, 2.24) is 0 Å². The minimum absolute atomic E-state index is 0.108. The van der Waals surface area contributed by atoms with Gasteiger partial charge >= 0.3 is 0 Å². The minimum Gasteiger partial charge on any atom is -0.494 e. The summed E-state index contributed by atoms with van der Waals surface area (Å²) in [5.74, 6) is 0.674. The van der Waals surface area contributed by atoms with Crippen molar-refractivity contribution >= 4 is 50.7 Å². The fraction of sp³-hybridized carbons (Fsp3) is 0.188. The molecule has 0 spiro atoms. The van der Waals surface area contributed by atoms with Gasteiger partial charge in [-0.2, -0.15) is 0 Å². The Bertz CT molecular complexity index is 647. The molecule has 0 unspecified atom stereocenters. The van der Waals surface area contributed by atoms with E-state index in [0.717, 1.165) is 10.2 Å². The summed E-state index contributed by atoms with van der Waals surface area (Å²) in [5, 5.41) is 3.71. The second kappa shape index (κ2) is 8.42. The lowest BCUT2D eigenvalue weighted by atomic mass is 10.2. The highest BCUT2D eigenvalue weighted by molar-refractivity contribution is 9.10. The lowest BCUT2D eigenvalue weighted by Gasteiger charge is -2.08. The maximum absolute atomic E-state index is 11.8. The van der Waals surface area contributed by atoms with Crippen LogP contribution in [0.25, 0.3) is 0 Å². The van der Waals surface area contributed by atoms with Crippen LogP contribution in [0.4, 0.5) is 5.69 Å². The quantitative estimate of drug-likeness (QED) is 0.643. The summed E-state index contributed by atoms with van der Waals surface area (Å²) in [6.07, 6.45) is 0.975. The molecular weight excluding hydrogens is 389 g/mol. The number of carbonyl (C=O) groups is 1. The highest BCUT2D eigenvalue weighted by atomic mass is 79.9. The van der Waals surface area contributed by atoms with E-state index in [1.807, 2.05) is 24.3 Å². The van der Waals surface area contributed by atoms with Gasteiger partial charge in [-0.3, -0.25) is 4.79 Å². The molecule has 0 aliphatic carbocycles. The average Bonchev–Trinajstić information content (AvgIpc) is 2.48. The van der Waals surface area contributed by atoms with E-state index in [9.17, 15) is 4.79 Å². The van der Waals surface area contributed by atoms with Gasteiger partial charge < -0.3 is 10.1 Å². The number of nitrogens with one attached hydrogen (secondary N) is 1. The van der Waals surface area contributed by atoms with Crippen LogP contribution < -0.4 is 10.1 Å². The van der Waals surface area contributed by atoms with Gasteiger partial charge in [0.05, 0.1) is 17.3 Å². The van der Waals surface area contributed by atoms with Crippen molar-refractivity contribution in [2.24, 2.45) is 0 Å². The van der Waals surface area contributed by atoms with Gasteiger partial charge in [-0.1, -0.05) is 39.1 Å². The molecule has 0 aliphatic heterocycles. The molecule has 0 bridgehead atoms. The van der Waals surface area contributed by atoms with E-state index < -0.39 is 0 Å². The maximum Gasteiger partial charge on any atom is 0.224 e. The maximum atomic E-state index is 11.8. The third kappa shape index (κ3) is 5.52. The highest BCUT2D eigenvalue weighted by Gasteiger charge is 2.06. The molecular formula is C16H14BrCl2NO2. The van der Waals surface area contributed by atoms with E-state index in [1.165, 1.54) is 0 Å². The second-order valence-corrected chi connectivity index (χ2v) is 6.34. The van der Waals surface area contributed by atoms with Gasteiger partial charge in [0, 0.05) is 15.9 Å². The normalized spacial score (nSPS) is 10.3. The van der Waals surface area contributed by atoms with Crippen molar-refractivity contribution in [3.63, 3.8) is 0 Å². The SMILES string of the molecule is O=C(CCCOc1ccc(Br)cc1)Nc1ccc(Cl)cc1Cl. The Balaban J connectivity index is 1.72. The molecule has 1 amide bonds. The number of hydrogen-bond acceptors (Lipinski definition) is 2. The van der Waals surface area contributed by atoms with E-state index >= 15 is 0 Å². The number of ether oxygens (including phenoxy) is 1. The topological polar surface area (TPSA) is 38.3 Å². The Morgan fingerprint density at radius 1 is 1.14 bits per heavy atom. The number of halogens is 3. The zero-order valence-electron chi connectivity index (χ0n) is 11.6. The molecule has 0 heterocycles. The second-order valence-electron chi connectivity index (χ2n) is 4.58. The number of amides is 1. The third-order valence-electron chi connectivity index (χ3n) is 2.84. The predicted octanol–water partition coefficient (Wildman–Crippen LogP) is 5.55. The monoisotopic (exact) mass is 401 g/mol. The average molecular weight is 403 g/mol. The summed E-state index contributed by atoms with van der Waals surface area (Å²) >= 11 is 15.2. The summed E-state index contributed by atoms with van der Waals surface area (Å²) in [5.41, 5.74) is 0.560. The molecule has 2 rings (SSSR count). The van der Waals surface area contributed by atoms with Crippen LogP contribution in [0.2, 0.25) is 10.0 Å². The van der Waals surface area contributed by atoms with Crippen molar-refractivity contribution in [3.05, 3.63) is 57.0 Å². The van der Waals surface area contributed by atoms with Crippen molar-refractivity contribution in [2.45, 2.75) is 12.8 Å². The first-order valence-electron chi connectivity index (χ1n) is 6.68. The molecule has 116 valence electrons. The Morgan fingerprint density at radius 2 is 1.86 bits per heavy atom. The van der Waals surface area contributed by atoms with Gasteiger partial charge in [-0.15, -0.1) is 0 Å². The Kier molecular flexibility index (Phi) is 6.55. The molecule has 22 heavy (non-hydrogen) atoms. The molecule has 2 aromatic rings. The van der Waals surface area contributed by atoms with Gasteiger partial charge in [0.1, 0.15) is 5.75 Å². The molecule has 0 radical (unpaired) electrons. The lowest BCUT2D eigenvalue weighted by molar-refractivity contribution is -0.116. The zero-order chi connectivity index (χ0) is 15.9. The van der Waals surface area contributed by atoms with Crippen molar-refractivity contribution in [3.8, 4) is 5.75 Å². The fourth-order valence-corrected chi connectivity index (χ4v) is 2.48. The molecule has 1 N–H and O–H groups in total. The van der Waals surface area contributed by atoms with E-state index in [2.05, 4.69) is 21.2 Å². The Morgan fingerprint density at radius 3 is 2.55 bits per heavy atom. The number of hydrogen-bond donors (Lipinski definition) is 1. The molecule has 0 fully saturated rings. The summed E-state index contributed by atoms with van der Waals surface area (Å²) in [4.78, 5) is 11.8. The molecule has 0 atom stereocenters. The molecule has 0 saturated heterocycles. The van der Waals surface area contributed by atoms with E-state index in [1.54, 1.807) is 18.2 Å². The third-order valence-corrected chi connectivity index (χ3v) is 3.91. The van der Waals surface area contributed by atoms with Gasteiger partial charge in [0.25, 0.3) is 0 Å². The van der Waals surface area contributed by atoms with E-state index in [0.29, 0.717) is 35.2 Å². The Hall–Kier alpha value is -1.23. The zero-order valence-corrected chi connectivity index (χ0v) is 14.7. The predicted molar refractivity (Wildman–Crippen MR) is 94.0 cm³/mol. The number of carbonyl (C=O) groups excluding carboxylic acids is 1. The van der Waals surface area contributed by atoms with Crippen LogP contribution in [-0.4, -0.2) is 12.5 Å². The highest BCUT2D eigenvalue weighted by Crippen LogP contribution is 2.25. The van der Waals surface area contributed by atoms with Gasteiger partial charge in [0.15, 0.2) is 0 Å².